The molecule has 1 heterocycles. The molecule has 0 aliphatic carbocycles. The second kappa shape index (κ2) is 8.29. The standard InChI is InChI=1S/C19H15ClN4O3/c1-27-18(26)12-2-6-15(7-3-12)23-17(25)13-10-21-19(22-11-13)24-16-8-4-14(20)5-9-16/h2-11H,1H3,(H,23,25)(H,21,22,24). The zero-order valence-corrected chi connectivity index (χ0v) is 15.0. The Morgan fingerprint density at radius 1 is 0.889 bits per heavy atom. The predicted molar refractivity (Wildman–Crippen MR) is 103 cm³/mol. The minimum atomic E-state index is -0.440. The molecule has 0 aliphatic rings. The number of halogens is 1. The van der Waals surface area contributed by atoms with Crippen LogP contribution in [0.15, 0.2) is 60.9 Å². The third kappa shape index (κ3) is 4.80. The highest BCUT2D eigenvalue weighted by Gasteiger charge is 2.09. The van der Waals surface area contributed by atoms with Crippen molar-refractivity contribution >= 4 is 40.8 Å². The number of esters is 1. The second-order valence-corrected chi connectivity index (χ2v) is 5.89. The zero-order chi connectivity index (χ0) is 19.2. The van der Waals surface area contributed by atoms with Gasteiger partial charge >= 0.3 is 5.97 Å². The fourth-order valence-corrected chi connectivity index (χ4v) is 2.31. The molecule has 7 nitrogen and oxygen atoms in total. The molecule has 0 bridgehead atoms. The van der Waals surface area contributed by atoms with Crippen LogP contribution < -0.4 is 10.6 Å². The van der Waals surface area contributed by atoms with E-state index in [1.807, 2.05) is 0 Å². The molecule has 27 heavy (non-hydrogen) atoms. The first kappa shape index (κ1) is 18.3. The SMILES string of the molecule is COC(=O)c1ccc(NC(=O)c2cnc(Nc3ccc(Cl)cc3)nc2)cc1. The highest BCUT2D eigenvalue weighted by molar-refractivity contribution is 6.30. The third-order valence-electron chi connectivity index (χ3n) is 3.58. The number of nitrogens with one attached hydrogen (secondary N) is 2. The lowest BCUT2D eigenvalue weighted by Gasteiger charge is -2.07. The molecule has 0 fully saturated rings. The third-order valence-corrected chi connectivity index (χ3v) is 3.83. The summed E-state index contributed by atoms with van der Waals surface area (Å²) in [7, 11) is 1.31. The first-order valence-corrected chi connectivity index (χ1v) is 8.27. The molecule has 0 radical (unpaired) electrons. The van der Waals surface area contributed by atoms with Crippen molar-refractivity contribution in [3.05, 3.63) is 77.1 Å². The number of methoxy groups -OCH3 is 1. The number of nitrogens with zero attached hydrogens (tertiary/aromatic N) is 2. The van der Waals surface area contributed by atoms with E-state index < -0.39 is 5.97 Å². The van der Waals surface area contributed by atoms with E-state index in [2.05, 4.69) is 25.3 Å². The van der Waals surface area contributed by atoms with Crippen LogP contribution in [0.1, 0.15) is 20.7 Å². The van der Waals surface area contributed by atoms with Gasteiger partial charge in [0, 0.05) is 28.8 Å². The monoisotopic (exact) mass is 382 g/mol. The van der Waals surface area contributed by atoms with Crippen molar-refractivity contribution in [2.45, 2.75) is 0 Å². The Morgan fingerprint density at radius 3 is 2.07 bits per heavy atom. The van der Waals surface area contributed by atoms with Crippen LogP contribution >= 0.6 is 11.6 Å². The lowest BCUT2D eigenvalue weighted by atomic mass is 10.2. The molecular weight excluding hydrogens is 368 g/mol. The van der Waals surface area contributed by atoms with Crippen LogP contribution in [0.5, 0.6) is 0 Å². The average molecular weight is 383 g/mol. The number of benzene rings is 2. The van der Waals surface area contributed by atoms with Crippen molar-refractivity contribution in [2.75, 3.05) is 17.7 Å². The topological polar surface area (TPSA) is 93.2 Å². The van der Waals surface area contributed by atoms with Gasteiger partial charge in [-0.05, 0) is 48.5 Å². The quantitative estimate of drug-likeness (QED) is 0.650. The minimum absolute atomic E-state index is 0.300. The van der Waals surface area contributed by atoms with Gasteiger partial charge in [-0.15, -0.1) is 0 Å². The number of anilines is 3. The summed E-state index contributed by atoms with van der Waals surface area (Å²) < 4.78 is 4.63. The lowest BCUT2D eigenvalue weighted by molar-refractivity contribution is 0.0600. The van der Waals surface area contributed by atoms with E-state index in [0.29, 0.717) is 27.8 Å². The first-order chi connectivity index (χ1) is 13.0. The van der Waals surface area contributed by atoms with Gasteiger partial charge in [-0.25, -0.2) is 14.8 Å². The van der Waals surface area contributed by atoms with Gasteiger partial charge < -0.3 is 15.4 Å². The molecule has 0 saturated carbocycles. The van der Waals surface area contributed by atoms with E-state index in [-0.39, 0.29) is 5.91 Å². The molecule has 1 amide bonds. The largest absolute Gasteiger partial charge is 0.465 e. The average Bonchev–Trinajstić information content (AvgIpc) is 2.70. The maximum Gasteiger partial charge on any atom is 0.337 e. The van der Waals surface area contributed by atoms with E-state index >= 15 is 0 Å². The fourth-order valence-electron chi connectivity index (χ4n) is 2.18. The number of hydrogen-bond donors (Lipinski definition) is 2. The number of aromatic nitrogens is 2. The maximum absolute atomic E-state index is 12.3. The van der Waals surface area contributed by atoms with Gasteiger partial charge in [0.15, 0.2) is 0 Å². The molecule has 8 heteroatoms. The molecule has 3 aromatic rings. The highest BCUT2D eigenvalue weighted by atomic mass is 35.5. The summed E-state index contributed by atoms with van der Waals surface area (Å²) in [4.78, 5) is 31.9. The van der Waals surface area contributed by atoms with E-state index in [4.69, 9.17) is 11.6 Å². The highest BCUT2D eigenvalue weighted by Crippen LogP contribution is 2.17. The van der Waals surface area contributed by atoms with Crippen molar-refractivity contribution < 1.29 is 14.3 Å². The molecule has 2 aromatic carbocycles. The van der Waals surface area contributed by atoms with E-state index in [1.54, 1.807) is 48.5 Å². The van der Waals surface area contributed by atoms with Crippen molar-refractivity contribution in [3.8, 4) is 0 Å². The molecule has 0 aliphatic heterocycles. The van der Waals surface area contributed by atoms with Crippen molar-refractivity contribution in [1.82, 2.24) is 9.97 Å². The van der Waals surface area contributed by atoms with Gasteiger partial charge in [-0.3, -0.25) is 4.79 Å². The van der Waals surface area contributed by atoms with Crippen LogP contribution in [0.2, 0.25) is 5.02 Å². The Morgan fingerprint density at radius 2 is 1.48 bits per heavy atom. The normalized spacial score (nSPS) is 10.1. The van der Waals surface area contributed by atoms with Gasteiger partial charge in [0.2, 0.25) is 5.95 Å². The molecule has 0 spiro atoms. The van der Waals surface area contributed by atoms with Gasteiger partial charge in [0.05, 0.1) is 18.2 Å². The van der Waals surface area contributed by atoms with Crippen molar-refractivity contribution in [1.29, 1.82) is 0 Å². The Labute approximate surface area is 160 Å². The maximum atomic E-state index is 12.3. The summed E-state index contributed by atoms with van der Waals surface area (Å²) >= 11 is 5.84. The smallest absolute Gasteiger partial charge is 0.337 e. The van der Waals surface area contributed by atoms with Crippen LogP contribution in [0.4, 0.5) is 17.3 Å². The van der Waals surface area contributed by atoms with Gasteiger partial charge in [-0.2, -0.15) is 0 Å². The van der Waals surface area contributed by atoms with Crippen LogP contribution in [-0.2, 0) is 4.74 Å². The summed E-state index contributed by atoms with van der Waals surface area (Å²) in [6, 6.07) is 13.4. The fraction of sp³-hybridized carbons (Fsp3) is 0.0526. The summed E-state index contributed by atoms with van der Waals surface area (Å²) in [5.41, 5.74) is 2.02. The number of carbonyl (C=O) groups excluding carboxylic acids is 2. The molecule has 136 valence electrons. The summed E-state index contributed by atoms with van der Waals surface area (Å²) in [5.74, 6) is -0.444. The molecule has 0 atom stereocenters. The number of amides is 1. The lowest BCUT2D eigenvalue weighted by Crippen LogP contribution is -2.13. The van der Waals surface area contributed by atoms with Crippen LogP contribution in [0, 0.1) is 0 Å². The summed E-state index contributed by atoms with van der Waals surface area (Å²) in [6.45, 7) is 0. The number of carbonyl (C=O) groups is 2. The van der Waals surface area contributed by atoms with Crippen molar-refractivity contribution in [3.63, 3.8) is 0 Å². The van der Waals surface area contributed by atoms with Crippen LogP contribution in [0.25, 0.3) is 0 Å². The minimum Gasteiger partial charge on any atom is -0.465 e. The van der Waals surface area contributed by atoms with Crippen LogP contribution in [-0.4, -0.2) is 29.0 Å². The zero-order valence-electron chi connectivity index (χ0n) is 14.3. The Hall–Kier alpha value is -3.45. The van der Waals surface area contributed by atoms with Crippen molar-refractivity contribution in [2.24, 2.45) is 0 Å². The van der Waals surface area contributed by atoms with E-state index in [9.17, 15) is 9.59 Å². The van der Waals surface area contributed by atoms with E-state index in [1.165, 1.54) is 19.5 Å². The molecule has 1 aromatic heterocycles. The molecule has 0 unspecified atom stereocenters. The molecule has 2 N–H and O–H groups in total. The first-order valence-electron chi connectivity index (χ1n) is 7.89. The predicted octanol–water partition coefficient (Wildman–Crippen LogP) is 3.91. The molecule has 0 saturated heterocycles. The summed E-state index contributed by atoms with van der Waals surface area (Å²) in [5, 5.41) is 6.36. The number of hydrogen-bond acceptors (Lipinski definition) is 6. The summed E-state index contributed by atoms with van der Waals surface area (Å²) in [6.07, 6.45) is 2.84. The Bertz CT molecular complexity index is 942. The number of rotatable bonds is 5. The Balaban J connectivity index is 1.63. The molecule has 3 rings (SSSR count). The number of ether oxygens (including phenoxy) is 1. The molecular formula is C19H15ClN4O3. The Kier molecular flexibility index (Phi) is 5.63. The van der Waals surface area contributed by atoms with Gasteiger partial charge in [0.25, 0.3) is 5.91 Å². The van der Waals surface area contributed by atoms with E-state index in [0.717, 1.165) is 5.69 Å². The second-order valence-electron chi connectivity index (χ2n) is 5.45. The van der Waals surface area contributed by atoms with Gasteiger partial charge in [-0.1, -0.05) is 11.6 Å². The van der Waals surface area contributed by atoms with Gasteiger partial charge in [0.1, 0.15) is 0 Å². The van der Waals surface area contributed by atoms with Crippen LogP contribution in [0.3, 0.4) is 0 Å².